The average Bonchev–Trinajstić information content (AvgIpc) is 2.53. The monoisotopic (exact) mass is 344 g/mol. The zero-order chi connectivity index (χ0) is 15.2. The number of thioether (sulfide) groups is 1. The highest BCUT2D eigenvalue weighted by atomic mass is 35.5. The van der Waals surface area contributed by atoms with Crippen LogP contribution in [0.1, 0.15) is 19.8 Å². The van der Waals surface area contributed by atoms with Gasteiger partial charge in [-0.05, 0) is 43.9 Å². The summed E-state index contributed by atoms with van der Waals surface area (Å²) in [6.45, 7) is 3.73. The Labute approximate surface area is 143 Å². The maximum absolute atomic E-state index is 12.2. The van der Waals surface area contributed by atoms with Crippen LogP contribution in [0.3, 0.4) is 0 Å². The molecule has 124 valence electrons. The fourth-order valence-electron chi connectivity index (χ4n) is 2.60. The van der Waals surface area contributed by atoms with Gasteiger partial charge in [-0.15, -0.1) is 24.2 Å². The van der Waals surface area contributed by atoms with E-state index in [0.717, 1.165) is 36.6 Å². The van der Waals surface area contributed by atoms with Gasteiger partial charge in [-0.2, -0.15) is 0 Å². The molecular weight excluding hydrogens is 320 g/mol. The first-order valence-electron chi connectivity index (χ1n) is 7.40. The largest absolute Gasteiger partial charge is 0.497 e. The van der Waals surface area contributed by atoms with Crippen LogP contribution < -0.4 is 10.5 Å². The number of methoxy groups -OCH3 is 1. The molecule has 2 N–H and O–H groups in total. The van der Waals surface area contributed by atoms with E-state index in [-0.39, 0.29) is 24.4 Å². The van der Waals surface area contributed by atoms with Gasteiger partial charge in [0.05, 0.1) is 12.9 Å². The minimum atomic E-state index is 0. The van der Waals surface area contributed by atoms with Crippen LogP contribution in [0.25, 0.3) is 0 Å². The van der Waals surface area contributed by atoms with Crippen molar-refractivity contribution in [2.45, 2.75) is 30.7 Å². The second kappa shape index (κ2) is 9.28. The van der Waals surface area contributed by atoms with Crippen LogP contribution in [0.15, 0.2) is 29.2 Å². The molecule has 2 rings (SSSR count). The Hall–Kier alpha value is -0.910. The summed E-state index contributed by atoms with van der Waals surface area (Å²) in [4.78, 5) is 15.3. The normalized spacial score (nSPS) is 16.8. The van der Waals surface area contributed by atoms with Crippen LogP contribution in [-0.2, 0) is 4.79 Å². The quantitative estimate of drug-likeness (QED) is 0.834. The summed E-state index contributed by atoms with van der Waals surface area (Å²) in [6.07, 6.45) is 2.04. The van der Waals surface area contributed by atoms with Gasteiger partial charge in [0.1, 0.15) is 5.75 Å². The third kappa shape index (κ3) is 5.38. The van der Waals surface area contributed by atoms with Crippen LogP contribution in [0.5, 0.6) is 5.75 Å². The van der Waals surface area contributed by atoms with Gasteiger partial charge in [-0.3, -0.25) is 4.79 Å². The molecule has 0 spiro atoms. The minimum absolute atomic E-state index is 0. The minimum Gasteiger partial charge on any atom is -0.497 e. The number of hydrogen-bond acceptors (Lipinski definition) is 4. The number of carbonyl (C=O) groups excluding carboxylic acids is 1. The predicted molar refractivity (Wildman–Crippen MR) is 93.9 cm³/mol. The first-order chi connectivity index (χ1) is 10.1. The number of benzene rings is 1. The molecule has 1 unspecified atom stereocenters. The number of ether oxygens (including phenoxy) is 1. The Morgan fingerprint density at radius 1 is 1.45 bits per heavy atom. The Morgan fingerprint density at radius 2 is 2.14 bits per heavy atom. The lowest BCUT2D eigenvalue weighted by Crippen LogP contribution is -2.43. The SMILES string of the molecule is COc1cccc(SCC(=O)N2CCC(C(C)N)CC2)c1.Cl. The van der Waals surface area contributed by atoms with Crippen molar-refractivity contribution in [3.05, 3.63) is 24.3 Å². The van der Waals surface area contributed by atoms with Crippen molar-refractivity contribution in [3.8, 4) is 5.75 Å². The van der Waals surface area contributed by atoms with Gasteiger partial charge in [-0.25, -0.2) is 0 Å². The molecule has 1 saturated heterocycles. The maximum Gasteiger partial charge on any atom is 0.232 e. The van der Waals surface area contributed by atoms with Crippen LogP contribution >= 0.6 is 24.2 Å². The fraction of sp³-hybridized carbons (Fsp3) is 0.562. The van der Waals surface area contributed by atoms with Crippen LogP contribution in [0.2, 0.25) is 0 Å². The molecular formula is C16H25ClN2O2S. The first kappa shape index (κ1) is 19.1. The van der Waals surface area contributed by atoms with Crippen LogP contribution in [0.4, 0.5) is 0 Å². The summed E-state index contributed by atoms with van der Waals surface area (Å²) in [7, 11) is 1.65. The molecule has 1 aromatic rings. The van der Waals surface area contributed by atoms with E-state index in [1.165, 1.54) is 0 Å². The number of nitrogens with two attached hydrogens (primary N) is 1. The van der Waals surface area contributed by atoms with Gasteiger partial charge in [-0.1, -0.05) is 6.07 Å². The second-order valence-electron chi connectivity index (χ2n) is 5.54. The number of halogens is 1. The summed E-state index contributed by atoms with van der Waals surface area (Å²) in [5, 5.41) is 0. The lowest BCUT2D eigenvalue weighted by Gasteiger charge is -2.33. The molecule has 0 bridgehead atoms. The number of hydrogen-bond donors (Lipinski definition) is 1. The van der Waals surface area contributed by atoms with E-state index in [2.05, 4.69) is 6.92 Å². The summed E-state index contributed by atoms with van der Waals surface area (Å²) >= 11 is 1.56. The Bertz CT molecular complexity index is 477. The smallest absolute Gasteiger partial charge is 0.232 e. The van der Waals surface area contributed by atoms with Gasteiger partial charge in [0, 0.05) is 24.0 Å². The van der Waals surface area contributed by atoms with E-state index in [1.54, 1.807) is 18.9 Å². The van der Waals surface area contributed by atoms with Gasteiger partial charge in [0.25, 0.3) is 0 Å². The van der Waals surface area contributed by atoms with Crippen LogP contribution in [-0.4, -0.2) is 42.8 Å². The second-order valence-corrected chi connectivity index (χ2v) is 6.59. The Balaban J connectivity index is 0.00000242. The molecule has 4 nitrogen and oxygen atoms in total. The highest BCUT2D eigenvalue weighted by Crippen LogP contribution is 2.24. The molecule has 1 atom stereocenters. The standard InChI is InChI=1S/C16H24N2O2S.ClH/c1-12(17)13-6-8-18(9-7-13)16(19)11-21-15-5-3-4-14(10-15)20-2;/h3-5,10,12-13H,6-9,11,17H2,1-2H3;1H. The summed E-state index contributed by atoms with van der Waals surface area (Å²) in [5.41, 5.74) is 5.93. The summed E-state index contributed by atoms with van der Waals surface area (Å²) < 4.78 is 5.19. The van der Waals surface area contributed by atoms with E-state index < -0.39 is 0 Å². The topological polar surface area (TPSA) is 55.6 Å². The zero-order valence-corrected chi connectivity index (χ0v) is 14.8. The van der Waals surface area contributed by atoms with Crippen molar-refractivity contribution in [1.82, 2.24) is 4.90 Å². The molecule has 1 heterocycles. The van der Waals surface area contributed by atoms with Crippen molar-refractivity contribution >= 4 is 30.1 Å². The molecule has 0 aliphatic carbocycles. The van der Waals surface area contributed by atoms with Gasteiger partial charge >= 0.3 is 0 Å². The predicted octanol–water partition coefficient (Wildman–Crippen LogP) is 2.79. The molecule has 0 saturated carbocycles. The van der Waals surface area contributed by atoms with E-state index in [4.69, 9.17) is 10.5 Å². The molecule has 0 aromatic heterocycles. The van der Waals surface area contributed by atoms with E-state index in [0.29, 0.717) is 11.7 Å². The first-order valence-corrected chi connectivity index (χ1v) is 8.39. The molecule has 1 fully saturated rings. The third-order valence-corrected chi connectivity index (χ3v) is 5.02. The van der Waals surface area contributed by atoms with Crippen molar-refractivity contribution < 1.29 is 9.53 Å². The van der Waals surface area contributed by atoms with Gasteiger partial charge in [0.2, 0.25) is 5.91 Å². The Morgan fingerprint density at radius 3 is 2.73 bits per heavy atom. The highest BCUT2D eigenvalue weighted by molar-refractivity contribution is 8.00. The highest BCUT2D eigenvalue weighted by Gasteiger charge is 2.24. The molecule has 1 aliphatic rings. The van der Waals surface area contributed by atoms with E-state index in [1.807, 2.05) is 29.2 Å². The van der Waals surface area contributed by atoms with Gasteiger partial charge in [0.15, 0.2) is 0 Å². The average molecular weight is 345 g/mol. The lowest BCUT2D eigenvalue weighted by atomic mass is 9.91. The maximum atomic E-state index is 12.2. The molecule has 1 aromatic carbocycles. The van der Waals surface area contributed by atoms with E-state index in [9.17, 15) is 4.79 Å². The number of rotatable bonds is 5. The number of likely N-dealkylation sites (tertiary alicyclic amines) is 1. The van der Waals surface area contributed by atoms with E-state index >= 15 is 0 Å². The number of amides is 1. The third-order valence-electron chi connectivity index (χ3n) is 4.04. The molecule has 1 aliphatic heterocycles. The molecule has 22 heavy (non-hydrogen) atoms. The zero-order valence-electron chi connectivity index (χ0n) is 13.2. The number of carbonyl (C=O) groups is 1. The van der Waals surface area contributed by atoms with Crippen molar-refractivity contribution in [3.63, 3.8) is 0 Å². The summed E-state index contributed by atoms with van der Waals surface area (Å²) in [6, 6.07) is 8.04. The molecule has 0 radical (unpaired) electrons. The van der Waals surface area contributed by atoms with Crippen molar-refractivity contribution in [2.24, 2.45) is 11.7 Å². The molecule has 6 heteroatoms. The lowest BCUT2D eigenvalue weighted by molar-refractivity contribution is -0.129. The van der Waals surface area contributed by atoms with Crippen molar-refractivity contribution in [2.75, 3.05) is 26.0 Å². The summed E-state index contributed by atoms with van der Waals surface area (Å²) in [5.74, 6) is 2.08. The molecule has 1 amide bonds. The number of piperidine rings is 1. The number of nitrogens with zero attached hydrogens (tertiary/aromatic N) is 1. The van der Waals surface area contributed by atoms with Crippen molar-refractivity contribution in [1.29, 1.82) is 0 Å². The van der Waals surface area contributed by atoms with Gasteiger partial charge < -0.3 is 15.4 Å². The fourth-order valence-corrected chi connectivity index (χ4v) is 3.45. The van der Waals surface area contributed by atoms with Crippen LogP contribution in [0, 0.1) is 5.92 Å². The Kier molecular flexibility index (Phi) is 8.07.